The van der Waals surface area contributed by atoms with Crippen molar-refractivity contribution in [2.75, 3.05) is 14.1 Å². The molecular weight excluding hydrogens is 174 g/mol. The number of rotatable bonds is 0. The van der Waals surface area contributed by atoms with Gasteiger partial charge in [-0.3, -0.25) is 4.99 Å². The van der Waals surface area contributed by atoms with E-state index >= 15 is 0 Å². The normalized spacial score (nSPS) is 28.8. The molecule has 1 fully saturated rings. The first-order valence-electron chi connectivity index (χ1n) is 3.65. The third kappa shape index (κ3) is 1.29. The molecule has 0 bridgehead atoms. The Morgan fingerprint density at radius 2 is 2.08 bits per heavy atom. The van der Waals surface area contributed by atoms with Crippen molar-refractivity contribution < 1.29 is 5.21 Å². The Morgan fingerprint density at radius 1 is 1.50 bits per heavy atom. The van der Waals surface area contributed by atoms with Gasteiger partial charge in [0.1, 0.15) is 0 Å². The fourth-order valence-corrected chi connectivity index (χ4v) is 2.26. The lowest BCUT2D eigenvalue weighted by Crippen LogP contribution is -2.33. The third-order valence-corrected chi connectivity index (χ3v) is 3.11. The molecule has 0 saturated carbocycles. The second-order valence-corrected chi connectivity index (χ2v) is 4.69. The minimum atomic E-state index is -0.182. The van der Waals surface area contributed by atoms with E-state index in [4.69, 9.17) is 5.21 Å². The summed E-state index contributed by atoms with van der Waals surface area (Å²) in [5.41, 5.74) is 0. The highest BCUT2D eigenvalue weighted by atomic mass is 32.2. The van der Waals surface area contributed by atoms with Gasteiger partial charge < -0.3 is 10.1 Å². The van der Waals surface area contributed by atoms with Gasteiger partial charge in [0.05, 0.1) is 4.75 Å². The minimum Gasteiger partial charge on any atom is -0.409 e. The van der Waals surface area contributed by atoms with Gasteiger partial charge in [-0.1, -0.05) is 16.9 Å². The molecule has 0 aromatic heterocycles. The van der Waals surface area contributed by atoms with Crippen molar-refractivity contribution >= 4 is 22.8 Å². The molecule has 1 saturated heterocycles. The van der Waals surface area contributed by atoms with E-state index in [2.05, 4.69) is 10.1 Å². The van der Waals surface area contributed by atoms with Crippen molar-refractivity contribution in [3.8, 4) is 0 Å². The predicted octanol–water partition coefficient (Wildman–Crippen LogP) is 1.22. The van der Waals surface area contributed by atoms with Gasteiger partial charge in [0.15, 0.2) is 11.0 Å². The molecule has 4 nitrogen and oxygen atoms in total. The van der Waals surface area contributed by atoms with E-state index in [-0.39, 0.29) is 4.75 Å². The molecule has 12 heavy (non-hydrogen) atoms. The summed E-state index contributed by atoms with van der Waals surface area (Å²) in [4.78, 5) is 5.87. The average Bonchev–Trinajstić information content (AvgIpc) is 2.21. The zero-order chi connectivity index (χ0) is 9.35. The van der Waals surface area contributed by atoms with Crippen molar-refractivity contribution in [3.05, 3.63) is 0 Å². The number of amidine groups is 2. The summed E-state index contributed by atoms with van der Waals surface area (Å²) in [5.74, 6) is 0.646. The summed E-state index contributed by atoms with van der Waals surface area (Å²) in [5, 5.41) is 12.9. The van der Waals surface area contributed by atoms with E-state index in [9.17, 15) is 0 Å². The fourth-order valence-electron chi connectivity index (χ4n) is 1.22. The highest BCUT2D eigenvalue weighted by molar-refractivity contribution is 8.16. The van der Waals surface area contributed by atoms with Crippen molar-refractivity contribution in [1.82, 2.24) is 4.90 Å². The van der Waals surface area contributed by atoms with Gasteiger partial charge in [-0.15, -0.1) is 0 Å². The van der Waals surface area contributed by atoms with Gasteiger partial charge >= 0.3 is 0 Å². The van der Waals surface area contributed by atoms with E-state index in [1.54, 1.807) is 23.7 Å². The van der Waals surface area contributed by atoms with Crippen molar-refractivity contribution in [2.45, 2.75) is 18.6 Å². The van der Waals surface area contributed by atoms with E-state index in [0.29, 0.717) is 5.84 Å². The van der Waals surface area contributed by atoms with Crippen LogP contribution in [0.15, 0.2) is 10.1 Å². The Hall–Kier alpha value is -0.710. The number of thioether (sulfide) groups is 1. The monoisotopic (exact) mass is 187 g/mol. The lowest BCUT2D eigenvalue weighted by atomic mass is 10.2. The zero-order valence-corrected chi connectivity index (χ0v) is 8.51. The van der Waals surface area contributed by atoms with Crippen LogP contribution in [0.5, 0.6) is 0 Å². The second kappa shape index (κ2) is 2.97. The van der Waals surface area contributed by atoms with Crippen molar-refractivity contribution in [1.29, 1.82) is 0 Å². The summed E-state index contributed by atoms with van der Waals surface area (Å²) in [6, 6.07) is 0. The molecule has 1 N–H and O–H groups in total. The molecule has 1 rings (SSSR count). The zero-order valence-electron chi connectivity index (χ0n) is 7.70. The Morgan fingerprint density at radius 3 is 2.33 bits per heavy atom. The largest absolute Gasteiger partial charge is 0.409 e. The number of nitrogens with zero attached hydrogens (tertiary/aromatic N) is 3. The van der Waals surface area contributed by atoms with E-state index in [1.165, 1.54) is 0 Å². The molecule has 0 aromatic rings. The maximum Gasteiger partial charge on any atom is 0.166 e. The van der Waals surface area contributed by atoms with Crippen LogP contribution in [0, 0.1) is 0 Å². The minimum absolute atomic E-state index is 0.182. The molecular formula is C7H13N3OS. The molecule has 0 aliphatic carbocycles. The van der Waals surface area contributed by atoms with E-state index in [0.717, 1.165) is 5.17 Å². The van der Waals surface area contributed by atoms with E-state index < -0.39 is 0 Å². The molecule has 0 aromatic carbocycles. The first-order valence-corrected chi connectivity index (χ1v) is 4.46. The molecule has 68 valence electrons. The third-order valence-electron chi connectivity index (χ3n) is 1.78. The van der Waals surface area contributed by atoms with Crippen molar-refractivity contribution in [3.63, 3.8) is 0 Å². The van der Waals surface area contributed by atoms with Crippen LogP contribution in [0.4, 0.5) is 0 Å². The summed E-state index contributed by atoms with van der Waals surface area (Å²) in [6.45, 7) is 4.00. The topological polar surface area (TPSA) is 48.2 Å². The number of hydrogen-bond donors (Lipinski definition) is 1. The molecule has 5 heteroatoms. The Balaban J connectivity index is 3.04. The van der Waals surface area contributed by atoms with Crippen LogP contribution in [-0.4, -0.2) is 40.0 Å². The lowest BCUT2D eigenvalue weighted by Gasteiger charge is -2.15. The van der Waals surface area contributed by atoms with E-state index in [1.807, 2.05) is 20.9 Å². The van der Waals surface area contributed by atoms with Gasteiger partial charge in [0, 0.05) is 14.1 Å². The number of aliphatic imine (C=N–C) groups is 1. The molecule has 1 heterocycles. The van der Waals surface area contributed by atoms with Gasteiger partial charge in [-0.05, 0) is 13.8 Å². The smallest absolute Gasteiger partial charge is 0.166 e. The molecule has 0 unspecified atom stereocenters. The first kappa shape index (κ1) is 9.38. The Kier molecular flexibility index (Phi) is 2.32. The molecule has 0 spiro atoms. The second-order valence-electron chi connectivity index (χ2n) is 3.10. The standard InChI is InChI=1S/C7H13N3OS/c1-7(2)5(9-11)10(4)6(8-3)12-7/h11H,1-4H3/b8-6-,9-5-. The van der Waals surface area contributed by atoms with Gasteiger partial charge in [-0.2, -0.15) is 0 Å². The Bertz CT molecular complexity index is 247. The first-order chi connectivity index (χ1) is 5.53. The molecule has 0 atom stereocenters. The van der Waals surface area contributed by atoms with Crippen LogP contribution < -0.4 is 0 Å². The quantitative estimate of drug-likeness (QED) is 0.458. The number of oxime groups is 1. The Labute approximate surface area is 76.3 Å². The highest BCUT2D eigenvalue weighted by Gasteiger charge is 2.40. The van der Waals surface area contributed by atoms with Crippen molar-refractivity contribution in [2.24, 2.45) is 10.1 Å². The molecule has 1 aliphatic heterocycles. The fraction of sp³-hybridized carbons (Fsp3) is 0.714. The van der Waals surface area contributed by atoms with Crippen LogP contribution in [0.25, 0.3) is 0 Å². The lowest BCUT2D eigenvalue weighted by molar-refractivity contribution is 0.310. The van der Waals surface area contributed by atoms with Crippen LogP contribution in [0.1, 0.15) is 13.8 Å². The average molecular weight is 187 g/mol. The SMILES string of the molecule is C/N=C1\SC(C)(C)/C(=N/O)N1C. The van der Waals surface area contributed by atoms with Crippen LogP contribution >= 0.6 is 11.8 Å². The summed E-state index contributed by atoms with van der Waals surface area (Å²) >= 11 is 1.59. The highest BCUT2D eigenvalue weighted by Crippen LogP contribution is 2.36. The van der Waals surface area contributed by atoms with Gasteiger partial charge in [0.2, 0.25) is 0 Å². The van der Waals surface area contributed by atoms with Crippen LogP contribution in [0.3, 0.4) is 0 Å². The predicted molar refractivity (Wildman–Crippen MR) is 52.0 cm³/mol. The molecule has 1 aliphatic rings. The molecule has 0 amide bonds. The molecule has 0 radical (unpaired) electrons. The van der Waals surface area contributed by atoms with Gasteiger partial charge in [-0.25, -0.2) is 0 Å². The summed E-state index contributed by atoms with van der Waals surface area (Å²) in [6.07, 6.45) is 0. The number of hydrogen-bond acceptors (Lipinski definition) is 4. The maximum atomic E-state index is 8.76. The van der Waals surface area contributed by atoms with Gasteiger partial charge in [0.25, 0.3) is 0 Å². The maximum absolute atomic E-state index is 8.76. The summed E-state index contributed by atoms with van der Waals surface area (Å²) in [7, 11) is 3.58. The summed E-state index contributed by atoms with van der Waals surface area (Å²) < 4.78 is -0.182. The van der Waals surface area contributed by atoms with Crippen LogP contribution in [0.2, 0.25) is 0 Å². The van der Waals surface area contributed by atoms with Crippen LogP contribution in [-0.2, 0) is 0 Å².